The number of hydrazine groups is 1. The van der Waals surface area contributed by atoms with Crippen LogP contribution in [0.1, 0.15) is 13.8 Å². The first kappa shape index (κ1) is 12.0. The summed E-state index contributed by atoms with van der Waals surface area (Å²) < 4.78 is 4.87. The topological polar surface area (TPSA) is 68.0 Å². The third kappa shape index (κ3) is 2.47. The maximum absolute atomic E-state index is 11.5. The van der Waals surface area contributed by atoms with Gasteiger partial charge in [-0.2, -0.15) is 0 Å². The summed E-state index contributed by atoms with van der Waals surface area (Å²) in [7, 11) is 1.75. The van der Waals surface area contributed by atoms with Crippen LogP contribution in [0.25, 0.3) is 0 Å². The number of carbonyl (C=O) groups excluding carboxylic acids is 1. The lowest BCUT2D eigenvalue weighted by Gasteiger charge is -2.27. The molecule has 1 heterocycles. The van der Waals surface area contributed by atoms with Gasteiger partial charge in [0.2, 0.25) is 0 Å². The standard InChI is InChI=1S/C9H17N3O3/c1-4-14-9(13)7-6-11(3)12(8(7)10)15-5-2/h6,8H,4-5,10H2,1-3H3. The Labute approximate surface area is 89.1 Å². The van der Waals surface area contributed by atoms with E-state index in [4.69, 9.17) is 15.3 Å². The maximum atomic E-state index is 11.5. The van der Waals surface area contributed by atoms with E-state index in [2.05, 4.69) is 0 Å². The Balaban J connectivity index is 2.68. The highest BCUT2D eigenvalue weighted by molar-refractivity contribution is 5.89. The molecular weight excluding hydrogens is 198 g/mol. The summed E-state index contributed by atoms with van der Waals surface area (Å²) in [4.78, 5) is 16.7. The normalized spacial score (nSPS) is 21.7. The van der Waals surface area contributed by atoms with E-state index in [0.717, 1.165) is 0 Å². The van der Waals surface area contributed by atoms with Gasteiger partial charge in [0.1, 0.15) is 6.17 Å². The molecule has 0 amide bonds. The lowest BCUT2D eigenvalue weighted by Crippen LogP contribution is -2.45. The molecule has 15 heavy (non-hydrogen) atoms. The number of nitrogens with two attached hydrogens (primary N) is 1. The zero-order chi connectivity index (χ0) is 11.4. The summed E-state index contributed by atoms with van der Waals surface area (Å²) in [6.07, 6.45) is 1.01. The van der Waals surface area contributed by atoms with Gasteiger partial charge < -0.3 is 10.5 Å². The van der Waals surface area contributed by atoms with Crippen LogP contribution in [-0.4, -0.2) is 42.6 Å². The lowest BCUT2D eigenvalue weighted by atomic mass is 10.2. The summed E-state index contributed by atoms with van der Waals surface area (Å²) >= 11 is 0. The lowest BCUT2D eigenvalue weighted by molar-refractivity contribution is -0.262. The number of rotatable bonds is 4. The average Bonchev–Trinajstić information content (AvgIpc) is 2.47. The van der Waals surface area contributed by atoms with Gasteiger partial charge in [0.25, 0.3) is 0 Å². The van der Waals surface area contributed by atoms with Gasteiger partial charge in [-0.05, 0) is 13.8 Å². The van der Waals surface area contributed by atoms with E-state index in [1.165, 1.54) is 5.17 Å². The van der Waals surface area contributed by atoms with Crippen molar-refractivity contribution in [3.8, 4) is 0 Å². The Morgan fingerprint density at radius 2 is 2.20 bits per heavy atom. The molecule has 1 rings (SSSR count). The second-order valence-electron chi connectivity index (χ2n) is 3.04. The summed E-state index contributed by atoms with van der Waals surface area (Å²) in [5, 5.41) is 3.06. The molecule has 0 radical (unpaired) electrons. The summed E-state index contributed by atoms with van der Waals surface area (Å²) in [5.41, 5.74) is 6.22. The monoisotopic (exact) mass is 215 g/mol. The Morgan fingerprint density at radius 3 is 2.73 bits per heavy atom. The van der Waals surface area contributed by atoms with Gasteiger partial charge in [0, 0.05) is 13.2 Å². The minimum Gasteiger partial charge on any atom is -0.463 e. The molecule has 2 N–H and O–H groups in total. The van der Waals surface area contributed by atoms with Crippen molar-refractivity contribution >= 4 is 5.97 Å². The second kappa shape index (κ2) is 5.11. The van der Waals surface area contributed by atoms with Crippen molar-refractivity contribution in [3.05, 3.63) is 11.8 Å². The Morgan fingerprint density at radius 1 is 1.53 bits per heavy atom. The second-order valence-corrected chi connectivity index (χ2v) is 3.04. The molecule has 0 spiro atoms. The predicted octanol–water partition coefficient (Wildman–Crippen LogP) is -0.168. The van der Waals surface area contributed by atoms with Gasteiger partial charge in [-0.25, -0.2) is 4.79 Å². The molecule has 1 unspecified atom stereocenters. The van der Waals surface area contributed by atoms with Crippen LogP contribution in [0.3, 0.4) is 0 Å². The number of hydrogen-bond donors (Lipinski definition) is 1. The molecular formula is C9H17N3O3. The van der Waals surface area contributed by atoms with Gasteiger partial charge in [-0.15, -0.1) is 0 Å². The van der Waals surface area contributed by atoms with E-state index >= 15 is 0 Å². The van der Waals surface area contributed by atoms with Crippen molar-refractivity contribution in [2.75, 3.05) is 20.3 Å². The van der Waals surface area contributed by atoms with Gasteiger partial charge in [-0.1, -0.05) is 5.17 Å². The molecule has 0 aliphatic carbocycles. The Hall–Kier alpha value is -1.11. The summed E-state index contributed by atoms with van der Waals surface area (Å²) in [6, 6.07) is 0. The molecule has 0 saturated heterocycles. The highest BCUT2D eigenvalue weighted by atomic mass is 16.7. The molecule has 1 atom stereocenters. The van der Waals surface area contributed by atoms with Crippen LogP contribution in [0.15, 0.2) is 11.8 Å². The largest absolute Gasteiger partial charge is 0.463 e. The first-order valence-electron chi connectivity index (χ1n) is 4.91. The number of esters is 1. The zero-order valence-electron chi connectivity index (χ0n) is 9.27. The quantitative estimate of drug-likeness (QED) is 0.657. The first-order valence-corrected chi connectivity index (χ1v) is 4.91. The molecule has 86 valence electrons. The van der Waals surface area contributed by atoms with Crippen LogP contribution >= 0.6 is 0 Å². The Kier molecular flexibility index (Phi) is 4.07. The Bertz CT molecular complexity index is 267. The van der Waals surface area contributed by atoms with Crippen molar-refractivity contribution in [1.82, 2.24) is 10.2 Å². The molecule has 1 aliphatic heterocycles. The van der Waals surface area contributed by atoms with Gasteiger partial charge >= 0.3 is 5.97 Å². The third-order valence-electron chi connectivity index (χ3n) is 1.97. The average molecular weight is 215 g/mol. The van der Waals surface area contributed by atoms with E-state index < -0.39 is 12.1 Å². The van der Waals surface area contributed by atoms with E-state index in [1.54, 1.807) is 25.2 Å². The van der Waals surface area contributed by atoms with Crippen LogP contribution in [0.5, 0.6) is 0 Å². The number of nitrogens with zero attached hydrogens (tertiary/aromatic N) is 2. The number of ether oxygens (including phenoxy) is 1. The minimum atomic E-state index is -0.603. The zero-order valence-corrected chi connectivity index (χ0v) is 9.27. The fourth-order valence-electron chi connectivity index (χ4n) is 1.34. The van der Waals surface area contributed by atoms with Crippen molar-refractivity contribution < 1.29 is 14.4 Å². The maximum Gasteiger partial charge on any atom is 0.338 e. The van der Waals surface area contributed by atoms with Gasteiger partial charge in [0.15, 0.2) is 0 Å². The number of hydroxylamine groups is 1. The summed E-state index contributed by atoms with van der Waals surface area (Å²) in [5.74, 6) is -0.404. The van der Waals surface area contributed by atoms with Crippen molar-refractivity contribution in [2.24, 2.45) is 5.73 Å². The van der Waals surface area contributed by atoms with E-state index in [9.17, 15) is 4.79 Å². The molecule has 0 aromatic carbocycles. The van der Waals surface area contributed by atoms with Crippen LogP contribution < -0.4 is 5.73 Å². The smallest absolute Gasteiger partial charge is 0.338 e. The molecule has 0 aromatic heterocycles. The molecule has 1 aliphatic rings. The van der Waals surface area contributed by atoms with Crippen LogP contribution in [0, 0.1) is 0 Å². The third-order valence-corrected chi connectivity index (χ3v) is 1.97. The molecule has 0 fully saturated rings. The predicted molar refractivity (Wildman–Crippen MR) is 53.9 cm³/mol. The molecule has 0 bridgehead atoms. The van der Waals surface area contributed by atoms with Gasteiger partial charge in [-0.3, -0.25) is 9.85 Å². The van der Waals surface area contributed by atoms with Crippen LogP contribution in [-0.2, 0) is 14.4 Å². The highest BCUT2D eigenvalue weighted by Crippen LogP contribution is 2.19. The van der Waals surface area contributed by atoms with Crippen molar-refractivity contribution in [3.63, 3.8) is 0 Å². The fraction of sp³-hybridized carbons (Fsp3) is 0.667. The van der Waals surface area contributed by atoms with Crippen molar-refractivity contribution in [2.45, 2.75) is 20.0 Å². The molecule has 6 nitrogen and oxygen atoms in total. The van der Waals surface area contributed by atoms with Crippen LogP contribution in [0.4, 0.5) is 0 Å². The molecule has 6 heteroatoms. The highest BCUT2D eigenvalue weighted by Gasteiger charge is 2.33. The molecule has 0 aromatic rings. The fourth-order valence-corrected chi connectivity index (χ4v) is 1.34. The van der Waals surface area contributed by atoms with E-state index in [-0.39, 0.29) is 0 Å². The van der Waals surface area contributed by atoms with E-state index in [0.29, 0.717) is 18.8 Å². The van der Waals surface area contributed by atoms with Gasteiger partial charge in [0.05, 0.1) is 18.8 Å². The number of carbonyl (C=O) groups is 1. The minimum absolute atomic E-state index is 0.335. The number of hydrogen-bond acceptors (Lipinski definition) is 6. The van der Waals surface area contributed by atoms with Crippen LogP contribution in [0.2, 0.25) is 0 Å². The molecule has 0 saturated carbocycles. The summed E-state index contributed by atoms with van der Waals surface area (Å²) in [6.45, 7) is 4.43. The van der Waals surface area contributed by atoms with E-state index in [1.807, 2.05) is 6.92 Å². The first-order chi connectivity index (χ1) is 7.11. The van der Waals surface area contributed by atoms with Crippen molar-refractivity contribution in [1.29, 1.82) is 0 Å². The SMILES string of the molecule is CCOC(=O)C1=CN(C)N(OCC)C1N.